The van der Waals surface area contributed by atoms with E-state index in [2.05, 4.69) is 27.0 Å². The molecule has 1 fully saturated rings. The molecule has 2 aliphatic heterocycles. The van der Waals surface area contributed by atoms with Crippen LogP contribution in [0.2, 0.25) is 0 Å². The van der Waals surface area contributed by atoms with Gasteiger partial charge in [-0.25, -0.2) is 4.98 Å². The smallest absolute Gasteiger partial charge is 0.241 e. The second-order valence-corrected chi connectivity index (χ2v) is 6.79. The third kappa shape index (κ3) is 3.19. The monoisotopic (exact) mass is 340 g/mol. The number of likely N-dealkylation sites (tertiary alicyclic amines) is 1. The third-order valence-corrected chi connectivity index (χ3v) is 5.28. The lowest BCUT2D eigenvalue weighted by atomic mass is 10.0. The van der Waals surface area contributed by atoms with Gasteiger partial charge in [0.05, 0.1) is 18.7 Å². The van der Waals surface area contributed by atoms with Gasteiger partial charge >= 0.3 is 0 Å². The first-order valence-corrected chi connectivity index (χ1v) is 8.90. The molecule has 1 N–H and O–H groups in total. The second kappa shape index (κ2) is 6.98. The first-order valence-electron chi connectivity index (χ1n) is 8.90. The lowest BCUT2D eigenvalue weighted by Gasteiger charge is -2.32. The molecule has 25 heavy (non-hydrogen) atoms. The number of H-pyrrole nitrogens is 1. The fourth-order valence-electron chi connectivity index (χ4n) is 4.00. The van der Waals surface area contributed by atoms with Gasteiger partial charge in [-0.2, -0.15) is 0 Å². The highest BCUT2D eigenvalue weighted by atomic mass is 16.5. The van der Waals surface area contributed by atoms with Crippen LogP contribution in [0.1, 0.15) is 30.3 Å². The molecule has 132 valence electrons. The SMILES string of the molecule is CO[C@@H]1CC(c2ncc[nH]2)N(CC(=O)N2CCCc3ccccc32)C1. The van der Waals surface area contributed by atoms with Crippen LogP contribution in [-0.4, -0.2) is 53.6 Å². The molecule has 2 atom stereocenters. The highest BCUT2D eigenvalue weighted by molar-refractivity contribution is 5.96. The molecule has 1 unspecified atom stereocenters. The van der Waals surface area contributed by atoms with Crippen LogP contribution in [0.5, 0.6) is 0 Å². The van der Waals surface area contributed by atoms with Crippen molar-refractivity contribution in [2.75, 3.05) is 31.6 Å². The van der Waals surface area contributed by atoms with Gasteiger partial charge in [-0.15, -0.1) is 0 Å². The number of ether oxygens (including phenoxy) is 1. The maximum atomic E-state index is 13.0. The van der Waals surface area contributed by atoms with E-state index < -0.39 is 0 Å². The van der Waals surface area contributed by atoms with Gasteiger partial charge in [0.25, 0.3) is 0 Å². The number of benzene rings is 1. The molecule has 0 spiro atoms. The van der Waals surface area contributed by atoms with Crippen LogP contribution in [0.25, 0.3) is 0 Å². The molecular weight excluding hydrogens is 316 g/mol. The maximum Gasteiger partial charge on any atom is 0.241 e. The Hall–Kier alpha value is -2.18. The summed E-state index contributed by atoms with van der Waals surface area (Å²) in [7, 11) is 1.73. The third-order valence-electron chi connectivity index (χ3n) is 5.28. The fourth-order valence-corrected chi connectivity index (χ4v) is 4.00. The Labute approximate surface area is 147 Å². The van der Waals surface area contributed by atoms with Crippen LogP contribution in [0.4, 0.5) is 5.69 Å². The number of carbonyl (C=O) groups excluding carboxylic acids is 1. The molecule has 0 aliphatic carbocycles. The molecule has 1 amide bonds. The topological polar surface area (TPSA) is 61.5 Å². The average molecular weight is 340 g/mol. The molecule has 4 rings (SSSR count). The normalized spacial score (nSPS) is 23.6. The molecule has 2 aromatic rings. The molecule has 1 saturated heterocycles. The molecule has 2 aliphatic rings. The van der Waals surface area contributed by atoms with Crippen LogP contribution < -0.4 is 4.90 Å². The Balaban J connectivity index is 1.52. The molecule has 0 radical (unpaired) electrons. The van der Waals surface area contributed by atoms with E-state index in [1.54, 1.807) is 13.3 Å². The lowest BCUT2D eigenvalue weighted by molar-refractivity contribution is -0.120. The van der Waals surface area contributed by atoms with Gasteiger partial charge < -0.3 is 14.6 Å². The van der Waals surface area contributed by atoms with Gasteiger partial charge in [0, 0.05) is 38.3 Å². The van der Waals surface area contributed by atoms with Crippen LogP contribution in [0.3, 0.4) is 0 Å². The Bertz CT molecular complexity index is 731. The fraction of sp³-hybridized carbons (Fsp3) is 0.474. The van der Waals surface area contributed by atoms with E-state index in [0.717, 1.165) is 43.9 Å². The summed E-state index contributed by atoms with van der Waals surface area (Å²) in [5, 5.41) is 0. The Morgan fingerprint density at radius 2 is 2.28 bits per heavy atom. The number of fused-ring (bicyclic) bond motifs is 1. The number of hydrogen-bond donors (Lipinski definition) is 1. The van der Waals surface area contributed by atoms with Gasteiger partial charge in [-0.1, -0.05) is 18.2 Å². The zero-order valence-electron chi connectivity index (χ0n) is 14.5. The Morgan fingerprint density at radius 1 is 1.40 bits per heavy atom. The van der Waals surface area contributed by atoms with Crippen molar-refractivity contribution in [3.8, 4) is 0 Å². The van der Waals surface area contributed by atoms with Gasteiger partial charge in [0.1, 0.15) is 5.82 Å². The Morgan fingerprint density at radius 3 is 3.08 bits per heavy atom. The van der Waals surface area contributed by atoms with Gasteiger partial charge in [0.2, 0.25) is 5.91 Å². The molecule has 1 aromatic carbocycles. The number of para-hydroxylation sites is 1. The lowest BCUT2D eigenvalue weighted by Crippen LogP contribution is -2.43. The van der Waals surface area contributed by atoms with Crippen molar-refractivity contribution in [2.24, 2.45) is 0 Å². The number of nitrogens with one attached hydrogen (secondary N) is 1. The number of aromatic amines is 1. The molecule has 3 heterocycles. The summed E-state index contributed by atoms with van der Waals surface area (Å²) in [6.45, 7) is 1.94. The number of rotatable bonds is 4. The molecule has 1 aromatic heterocycles. The van der Waals surface area contributed by atoms with Crippen LogP contribution >= 0.6 is 0 Å². The van der Waals surface area contributed by atoms with Crippen molar-refractivity contribution in [2.45, 2.75) is 31.4 Å². The van der Waals surface area contributed by atoms with Crippen molar-refractivity contribution in [1.82, 2.24) is 14.9 Å². The number of hydrogen-bond acceptors (Lipinski definition) is 4. The Kier molecular flexibility index (Phi) is 4.55. The summed E-state index contributed by atoms with van der Waals surface area (Å²) in [5.41, 5.74) is 2.33. The predicted octanol–water partition coefficient (Wildman–Crippen LogP) is 2.15. The average Bonchev–Trinajstić information content (AvgIpc) is 3.30. The maximum absolute atomic E-state index is 13.0. The van der Waals surface area contributed by atoms with E-state index >= 15 is 0 Å². The first-order chi connectivity index (χ1) is 12.3. The minimum absolute atomic E-state index is 0.101. The standard InChI is InChI=1S/C19H24N4O2/c1-25-15-11-17(19-20-8-9-21-19)22(12-15)13-18(24)23-10-4-6-14-5-2-3-7-16(14)23/h2-3,5,7-9,15,17H,4,6,10-13H2,1H3,(H,20,21)/t15-,17?/m1/s1. The summed E-state index contributed by atoms with van der Waals surface area (Å²) in [6, 6.07) is 8.33. The summed E-state index contributed by atoms with van der Waals surface area (Å²) in [6.07, 6.45) is 6.65. The van der Waals surface area contributed by atoms with E-state index in [0.29, 0.717) is 6.54 Å². The van der Waals surface area contributed by atoms with Crippen molar-refractivity contribution in [1.29, 1.82) is 0 Å². The molecule has 0 saturated carbocycles. The van der Waals surface area contributed by atoms with Gasteiger partial charge in [-0.3, -0.25) is 9.69 Å². The number of nitrogens with zero attached hydrogens (tertiary/aromatic N) is 3. The van der Waals surface area contributed by atoms with E-state index in [4.69, 9.17) is 4.74 Å². The number of aromatic nitrogens is 2. The minimum atomic E-state index is 0.101. The second-order valence-electron chi connectivity index (χ2n) is 6.79. The minimum Gasteiger partial charge on any atom is -0.380 e. The van der Waals surface area contributed by atoms with E-state index in [-0.39, 0.29) is 18.1 Å². The zero-order valence-corrected chi connectivity index (χ0v) is 14.5. The quantitative estimate of drug-likeness (QED) is 0.926. The number of anilines is 1. The number of aryl methyl sites for hydroxylation is 1. The van der Waals surface area contributed by atoms with Gasteiger partial charge in [0.15, 0.2) is 0 Å². The summed E-state index contributed by atoms with van der Waals surface area (Å²) < 4.78 is 5.54. The summed E-state index contributed by atoms with van der Waals surface area (Å²) in [4.78, 5) is 24.8. The van der Waals surface area contributed by atoms with E-state index in [9.17, 15) is 4.79 Å². The molecule has 0 bridgehead atoms. The van der Waals surface area contributed by atoms with Crippen molar-refractivity contribution >= 4 is 11.6 Å². The van der Waals surface area contributed by atoms with Crippen molar-refractivity contribution in [3.05, 3.63) is 48.0 Å². The first kappa shape index (κ1) is 16.3. The van der Waals surface area contributed by atoms with Crippen molar-refractivity contribution < 1.29 is 9.53 Å². The predicted molar refractivity (Wildman–Crippen MR) is 95.4 cm³/mol. The number of carbonyl (C=O) groups is 1. The molecular formula is C19H24N4O2. The molecule has 6 heteroatoms. The number of imidazole rings is 1. The number of amides is 1. The summed E-state index contributed by atoms with van der Waals surface area (Å²) in [5.74, 6) is 1.06. The van der Waals surface area contributed by atoms with Crippen molar-refractivity contribution in [3.63, 3.8) is 0 Å². The van der Waals surface area contributed by atoms with Crippen LogP contribution in [0, 0.1) is 0 Å². The van der Waals surface area contributed by atoms with Crippen LogP contribution in [0.15, 0.2) is 36.7 Å². The molecule has 6 nitrogen and oxygen atoms in total. The van der Waals surface area contributed by atoms with Crippen LogP contribution in [-0.2, 0) is 16.0 Å². The van der Waals surface area contributed by atoms with E-state index in [1.165, 1.54) is 5.56 Å². The largest absolute Gasteiger partial charge is 0.380 e. The van der Waals surface area contributed by atoms with E-state index in [1.807, 2.05) is 23.2 Å². The highest BCUT2D eigenvalue weighted by Gasteiger charge is 2.37. The summed E-state index contributed by atoms with van der Waals surface area (Å²) >= 11 is 0. The van der Waals surface area contributed by atoms with Gasteiger partial charge in [-0.05, 0) is 30.9 Å². The highest BCUT2D eigenvalue weighted by Crippen LogP contribution is 2.32. The zero-order chi connectivity index (χ0) is 17.2. The number of methoxy groups -OCH3 is 1.